The minimum Gasteiger partial charge on any atom is -0.495 e. The minimum atomic E-state index is 0.471. The van der Waals surface area contributed by atoms with Crippen LogP contribution in [0.5, 0.6) is 5.75 Å². The number of halogens is 1. The number of rotatable bonds is 2. The van der Waals surface area contributed by atoms with E-state index in [4.69, 9.17) is 16.3 Å². The molecule has 1 fully saturated rings. The summed E-state index contributed by atoms with van der Waals surface area (Å²) in [5.41, 5.74) is 0.950. The van der Waals surface area contributed by atoms with E-state index >= 15 is 0 Å². The number of aromatic nitrogens is 2. The largest absolute Gasteiger partial charge is 0.495 e. The normalized spacial score (nSPS) is 17.2. The predicted molar refractivity (Wildman–Crippen MR) is 71.6 cm³/mol. The molecular formula is C13H16ClN3O. The third-order valence-corrected chi connectivity index (χ3v) is 3.81. The zero-order valence-electron chi connectivity index (χ0n) is 10.3. The third kappa shape index (κ3) is 1.95. The Labute approximate surface area is 111 Å². The lowest BCUT2D eigenvalue weighted by Gasteiger charge is -2.21. The van der Waals surface area contributed by atoms with Crippen molar-refractivity contribution in [1.82, 2.24) is 14.7 Å². The number of fused-ring (bicyclic) bond motifs is 1. The fourth-order valence-electron chi connectivity index (χ4n) is 2.54. The van der Waals surface area contributed by atoms with Gasteiger partial charge in [-0.1, -0.05) is 11.6 Å². The van der Waals surface area contributed by atoms with Crippen molar-refractivity contribution in [2.24, 2.45) is 0 Å². The molecule has 2 aromatic heterocycles. The van der Waals surface area contributed by atoms with Crippen molar-refractivity contribution in [2.75, 3.05) is 20.2 Å². The molecule has 3 heterocycles. The maximum Gasteiger partial charge on any atom is 0.155 e. The van der Waals surface area contributed by atoms with Gasteiger partial charge in [0.15, 0.2) is 5.15 Å². The first-order valence-corrected chi connectivity index (χ1v) is 6.59. The average molecular weight is 266 g/mol. The Morgan fingerprint density at radius 1 is 1.39 bits per heavy atom. The van der Waals surface area contributed by atoms with Crippen molar-refractivity contribution in [3.8, 4) is 5.75 Å². The Morgan fingerprint density at radius 2 is 2.17 bits per heavy atom. The van der Waals surface area contributed by atoms with Gasteiger partial charge in [-0.3, -0.25) is 4.40 Å². The van der Waals surface area contributed by atoms with E-state index in [-0.39, 0.29) is 0 Å². The topological polar surface area (TPSA) is 38.6 Å². The number of ether oxygens (including phenoxy) is 1. The molecule has 0 saturated carbocycles. The highest BCUT2D eigenvalue weighted by atomic mass is 35.5. The van der Waals surface area contributed by atoms with Gasteiger partial charge in [-0.15, -0.1) is 0 Å². The molecule has 0 atom stereocenters. The van der Waals surface area contributed by atoms with Gasteiger partial charge in [0.05, 0.1) is 18.8 Å². The molecule has 1 N–H and O–H groups in total. The van der Waals surface area contributed by atoms with Gasteiger partial charge in [-0.25, -0.2) is 4.98 Å². The second kappa shape index (κ2) is 4.78. The van der Waals surface area contributed by atoms with Gasteiger partial charge in [0.1, 0.15) is 11.6 Å². The molecule has 5 heteroatoms. The molecule has 1 saturated heterocycles. The van der Waals surface area contributed by atoms with E-state index in [0.717, 1.165) is 43.0 Å². The van der Waals surface area contributed by atoms with E-state index in [9.17, 15) is 0 Å². The summed E-state index contributed by atoms with van der Waals surface area (Å²) < 4.78 is 7.34. The third-order valence-electron chi connectivity index (χ3n) is 3.53. The number of piperidine rings is 1. The van der Waals surface area contributed by atoms with Gasteiger partial charge in [0.2, 0.25) is 0 Å². The summed E-state index contributed by atoms with van der Waals surface area (Å²) in [6.07, 6.45) is 4.17. The fraction of sp³-hybridized carbons (Fsp3) is 0.462. The van der Waals surface area contributed by atoms with Gasteiger partial charge < -0.3 is 10.1 Å². The number of methoxy groups -OCH3 is 1. The zero-order chi connectivity index (χ0) is 12.5. The van der Waals surface area contributed by atoms with Gasteiger partial charge in [0, 0.05) is 5.92 Å². The molecular weight excluding hydrogens is 250 g/mol. The van der Waals surface area contributed by atoms with Crippen LogP contribution in [-0.2, 0) is 0 Å². The molecule has 0 amide bonds. The van der Waals surface area contributed by atoms with E-state index in [1.54, 1.807) is 7.11 Å². The second-order valence-corrected chi connectivity index (χ2v) is 4.97. The van der Waals surface area contributed by atoms with E-state index in [1.165, 1.54) is 0 Å². The van der Waals surface area contributed by atoms with Crippen LogP contribution in [0.2, 0.25) is 5.15 Å². The van der Waals surface area contributed by atoms with Crippen LogP contribution in [0.15, 0.2) is 18.3 Å². The molecule has 1 aliphatic rings. The summed E-state index contributed by atoms with van der Waals surface area (Å²) >= 11 is 6.20. The van der Waals surface area contributed by atoms with Crippen LogP contribution >= 0.6 is 11.6 Å². The molecule has 3 rings (SSSR count). The highest BCUT2D eigenvalue weighted by Crippen LogP contribution is 2.30. The molecule has 4 nitrogen and oxygen atoms in total. The minimum absolute atomic E-state index is 0.471. The van der Waals surface area contributed by atoms with Gasteiger partial charge >= 0.3 is 0 Å². The van der Waals surface area contributed by atoms with Crippen molar-refractivity contribution in [1.29, 1.82) is 0 Å². The highest BCUT2D eigenvalue weighted by molar-refractivity contribution is 6.32. The quantitative estimate of drug-likeness (QED) is 0.907. The summed E-state index contributed by atoms with van der Waals surface area (Å²) in [6.45, 7) is 2.09. The van der Waals surface area contributed by atoms with Crippen LogP contribution in [0.1, 0.15) is 24.6 Å². The number of hydrogen-bond donors (Lipinski definition) is 1. The lowest BCUT2D eigenvalue weighted by Crippen LogP contribution is -2.27. The number of imidazole rings is 1. The van der Waals surface area contributed by atoms with Crippen molar-refractivity contribution in [2.45, 2.75) is 18.8 Å². The second-order valence-electron chi connectivity index (χ2n) is 4.61. The Kier molecular flexibility index (Phi) is 3.14. The Hall–Kier alpha value is -1.26. The van der Waals surface area contributed by atoms with Crippen molar-refractivity contribution in [3.63, 3.8) is 0 Å². The molecule has 0 spiro atoms. The molecule has 0 bridgehead atoms. The predicted octanol–water partition coefficient (Wildman–Crippen LogP) is 2.46. The fourth-order valence-corrected chi connectivity index (χ4v) is 2.78. The summed E-state index contributed by atoms with van der Waals surface area (Å²) in [7, 11) is 1.67. The van der Waals surface area contributed by atoms with E-state index < -0.39 is 0 Å². The molecule has 96 valence electrons. The zero-order valence-corrected chi connectivity index (χ0v) is 11.1. The molecule has 0 aromatic carbocycles. The summed E-state index contributed by atoms with van der Waals surface area (Å²) in [5, 5.41) is 3.94. The smallest absolute Gasteiger partial charge is 0.155 e. The van der Waals surface area contributed by atoms with E-state index in [2.05, 4.69) is 14.7 Å². The average Bonchev–Trinajstić information content (AvgIpc) is 2.76. The van der Waals surface area contributed by atoms with Crippen LogP contribution in [0.25, 0.3) is 5.52 Å². The number of pyridine rings is 1. The van der Waals surface area contributed by atoms with Crippen molar-refractivity contribution < 1.29 is 4.74 Å². The number of hydrogen-bond acceptors (Lipinski definition) is 3. The van der Waals surface area contributed by atoms with Crippen molar-refractivity contribution >= 4 is 17.1 Å². The van der Waals surface area contributed by atoms with Gasteiger partial charge in [-0.2, -0.15) is 0 Å². The van der Waals surface area contributed by atoms with Gasteiger partial charge in [-0.05, 0) is 38.1 Å². The van der Waals surface area contributed by atoms with Crippen LogP contribution < -0.4 is 10.1 Å². The highest BCUT2D eigenvalue weighted by Gasteiger charge is 2.21. The molecule has 0 radical (unpaired) electrons. The first-order chi connectivity index (χ1) is 8.79. The maximum atomic E-state index is 6.20. The van der Waals surface area contributed by atoms with E-state index in [1.807, 2.05) is 18.3 Å². The SMILES string of the molecule is COc1ccc2c(Cl)nc(C3CCNCC3)n2c1. The van der Waals surface area contributed by atoms with Crippen LogP contribution in [0.3, 0.4) is 0 Å². The van der Waals surface area contributed by atoms with Crippen LogP contribution in [-0.4, -0.2) is 29.6 Å². The molecule has 18 heavy (non-hydrogen) atoms. The van der Waals surface area contributed by atoms with Crippen molar-refractivity contribution in [3.05, 3.63) is 29.3 Å². The van der Waals surface area contributed by atoms with Crippen LogP contribution in [0.4, 0.5) is 0 Å². The lowest BCUT2D eigenvalue weighted by molar-refractivity contribution is 0.410. The number of nitrogens with one attached hydrogen (secondary N) is 1. The standard InChI is InChI=1S/C13H16ClN3O/c1-18-10-2-3-11-12(14)16-13(17(11)8-10)9-4-6-15-7-5-9/h2-3,8-9,15H,4-7H2,1H3. The molecule has 2 aromatic rings. The number of nitrogens with zero attached hydrogens (tertiary/aromatic N) is 2. The summed E-state index contributed by atoms with van der Waals surface area (Å²) in [4.78, 5) is 4.53. The van der Waals surface area contributed by atoms with Crippen LogP contribution in [0, 0.1) is 0 Å². The molecule has 0 aliphatic carbocycles. The first-order valence-electron chi connectivity index (χ1n) is 6.22. The maximum absolute atomic E-state index is 6.20. The summed E-state index contributed by atoms with van der Waals surface area (Å²) in [6, 6.07) is 3.87. The van der Waals surface area contributed by atoms with E-state index in [0.29, 0.717) is 11.1 Å². The molecule has 0 unspecified atom stereocenters. The lowest BCUT2D eigenvalue weighted by atomic mass is 9.97. The van der Waals surface area contributed by atoms with Gasteiger partial charge in [0.25, 0.3) is 0 Å². The molecule has 1 aliphatic heterocycles. The monoisotopic (exact) mass is 265 g/mol. The Morgan fingerprint density at radius 3 is 2.89 bits per heavy atom. The first kappa shape index (κ1) is 11.8. The Balaban J connectivity index is 2.09. The summed E-state index contributed by atoms with van der Waals surface area (Å²) in [5.74, 6) is 2.35. The Bertz CT molecular complexity index is 561.